The second-order valence-electron chi connectivity index (χ2n) is 5.88. The Kier molecular flexibility index (Phi) is 6.60. The SMILES string of the molecule is C=CCCC(=O)N(Cc1ccco1)c1c(N)n(CCCC)c(=O)[nH]c1=O. The number of anilines is 2. The van der Waals surface area contributed by atoms with Crippen LogP contribution in [0.3, 0.4) is 0 Å². The van der Waals surface area contributed by atoms with Gasteiger partial charge in [-0.1, -0.05) is 19.4 Å². The molecule has 0 atom stereocenters. The highest BCUT2D eigenvalue weighted by atomic mass is 16.3. The second-order valence-corrected chi connectivity index (χ2v) is 5.88. The number of amides is 1. The van der Waals surface area contributed by atoms with E-state index in [1.54, 1.807) is 18.2 Å². The number of hydrogen-bond donors (Lipinski definition) is 2. The summed E-state index contributed by atoms with van der Waals surface area (Å²) in [4.78, 5) is 40.7. The number of carbonyl (C=O) groups excluding carboxylic acids is 1. The number of nitrogen functional groups attached to an aromatic ring is 1. The van der Waals surface area contributed by atoms with Crippen LogP contribution in [0.4, 0.5) is 11.5 Å². The van der Waals surface area contributed by atoms with Crippen LogP contribution >= 0.6 is 0 Å². The van der Waals surface area contributed by atoms with Crippen LogP contribution in [-0.2, 0) is 17.9 Å². The van der Waals surface area contributed by atoms with Crippen molar-refractivity contribution in [2.75, 3.05) is 10.6 Å². The van der Waals surface area contributed by atoms with Gasteiger partial charge in [0, 0.05) is 13.0 Å². The van der Waals surface area contributed by atoms with Crippen LogP contribution in [0.5, 0.6) is 0 Å². The van der Waals surface area contributed by atoms with Gasteiger partial charge in [0.05, 0.1) is 12.8 Å². The number of rotatable bonds is 9. The Balaban J connectivity index is 2.51. The number of unbranched alkanes of at least 4 members (excludes halogenated alkanes) is 1. The predicted octanol–water partition coefficient (Wildman–Crippen LogP) is 2.01. The third-order valence-electron chi connectivity index (χ3n) is 3.98. The van der Waals surface area contributed by atoms with Crippen molar-refractivity contribution in [2.24, 2.45) is 0 Å². The Labute approximate surface area is 150 Å². The second kappa shape index (κ2) is 8.89. The first-order valence-corrected chi connectivity index (χ1v) is 8.55. The van der Waals surface area contributed by atoms with Crippen molar-refractivity contribution in [3.05, 3.63) is 57.6 Å². The molecule has 0 saturated carbocycles. The molecule has 0 unspecified atom stereocenters. The highest BCUT2D eigenvalue weighted by molar-refractivity contribution is 5.95. The first-order valence-electron chi connectivity index (χ1n) is 8.55. The van der Waals surface area contributed by atoms with Gasteiger partial charge in [-0.25, -0.2) is 4.79 Å². The van der Waals surface area contributed by atoms with Crippen LogP contribution in [0.1, 0.15) is 38.4 Å². The maximum absolute atomic E-state index is 12.7. The molecule has 26 heavy (non-hydrogen) atoms. The molecule has 0 radical (unpaired) electrons. The van der Waals surface area contributed by atoms with E-state index in [0.29, 0.717) is 18.7 Å². The molecule has 0 spiro atoms. The molecule has 8 heteroatoms. The Hall–Kier alpha value is -3.03. The fraction of sp³-hybridized carbons (Fsp3) is 0.389. The zero-order chi connectivity index (χ0) is 19.1. The van der Waals surface area contributed by atoms with Gasteiger partial charge < -0.3 is 10.2 Å². The van der Waals surface area contributed by atoms with Crippen molar-refractivity contribution in [3.63, 3.8) is 0 Å². The van der Waals surface area contributed by atoms with E-state index in [2.05, 4.69) is 11.6 Å². The lowest BCUT2D eigenvalue weighted by Crippen LogP contribution is -2.40. The summed E-state index contributed by atoms with van der Waals surface area (Å²) in [5.74, 6) is 0.173. The summed E-state index contributed by atoms with van der Waals surface area (Å²) >= 11 is 0. The normalized spacial score (nSPS) is 10.7. The van der Waals surface area contributed by atoms with Crippen molar-refractivity contribution in [2.45, 2.75) is 45.7 Å². The van der Waals surface area contributed by atoms with Gasteiger partial charge in [-0.2, -0.15) is 0 Å². The van der Waals surface area contributed by atoms with E-state index in [9.17, 15) is 14.4 Å². The van der Waals surface area contributed by atoms with E-state index in [0.717, 1.165) is 12.8 Å². The number of furan rings is 1. The van der Waals surface area contributed by atoms with Gasteiger partial charge in [0.2, 0.25) is 5.91 Å². The zero-order valence-corrected chi connectivity index (χ0v) is 14.9. The first kappa shape index (κ1) is 19.3. The molecule has 0 fully saturated rings. The average Bonchev–Trinajstić information content (AvgIpc) is 3.11. The van der Waals surface area contributed by atoms with Crippen molar-refractivity contribution in [1.29, 1.82) is 0 Å². The minimum Gasteiger partial charge on any atom is -0.467 e. The van der Waals surface area contributed by atoms with E-state index in [1.807, 2.05) is 6.92 Å². The summed E-state index contributed by atoms with van der Waals surface area (Å²) in [7, 11) is 0. The lowest BCUT2D eigenvalue weighted by atomic mass is 10.2. The van der Waals surface area contributed by atoms with Gasteiger partial charge in [0.15, 0.2) is 5.69 Å². The van der Waals surface area contributed by atoms with E-state index >= 15 is 0 Å². The summed E-state index contributed by atoms with van der Waals surface area (Å²) in [5, 5.41) is 0. The minimum atomic E-state index is -0.696. The molecule has 0 saturated heterocycles. The zero-order valence-electron chi connectivity index (χ0n) is 14.9. The first-order chi connectivity index (χ1) is 12.5. The number of H-pyrrole nitrogens is 1. The molecular formula is C18H24N4O4. The third kappa shape index (κ3) is 4.33. The van der Waals surface area contributed by atoms with E-state index in [1.165, 1.54) is 15.7 Å². The fourth-order valence-electron chi connectivity index (χ4n) is 2.59. The smallest absolute Gasteiger partial charge is 0.330 e. The summed E-state index contributed by atoms with van der Waals surface area (Å²) < 4.78 is 6.59. The lowest BCUT2D eigenvalue weighted by molar-refractivity contribution is -0.118. The summed E-state index contributed by atoms with van der Waals surface area (Å²) in [6.45, 7) is 6.00. The molecule has 2 heterocycles. The van der Waals surface area contributed by atoms with E-state index in [4.69, 9.17) is 10.2 Å². The van der Waals surface area contributed by atoms with Gasteiger partial charge >= 0.3 is 5.69 Å². The number of nitrogens with zero attached hydrogens (tertiary/aromatic N) is 2. The highest BCUT2D eigenvalue weighted by Crippen LogP contribution is 2.21. The molecule has 8 nitrogen and oxygen atoms in total. The van der Waals surface area contributed by atoms with Crippen LogP contribution in [-0.4, -0.2) is 15.5 Å². The standard InChI is InChI=1S/C18H24N4O4/c1-3-5-9-14(23)22(12-13-8-7-11-26-13)15-16(19)21(10-6-4-2)18(25)20-17(15)24/h3,7-8,11H,1,4-6,9-10,12,19H2,2H3,(H,20,24,25). The van der Waals surface area contributed by atoms with Gasteiger partial charge in [-0.15, -0.1) is 6.58 Å². The molecule has 2 aromatic heterocycles. The summed E-state index contributed by atoms with van der Waals surface area (Å²) in [6, 6.07) is 3.39. The Morgan fingerprint density at radius 3 is 2.85 bits per heavy atom. The molecule has 0 aliphatic heterocycles. The Morgan fingerprint density at radius 2 is 2.23 bits per heavy atom. The Morgan fingerprint density at radius 1 is 1.46 bits per heavy atom. The molecular weight excluding hydrogens is 336 g/mol. The molecule has 0 aliphatic carbocycles. The molecule has 0 aromatic carbocycles. The summed E-state index contributed by atoms with van der Waals surface area (Å²) in [6.07, 6.45) is 5.31. The van der Waals surface area contributed by atoms with Crippen LogP contribution in [0, 0.1) is 0 Å². The van der Waals surface area contributed by atoms with Gasteiger partial charge in [0.1, 0.15) is 11.6 Å². The number of aromatic amines is 1. The van der Waals surface area contributed by atoms with Crippen molar-refractivity contribution in [1.82, 2.24) is 9.55 Å². The molecule has 2 rings (SSSR count). The molecule has 2 aromatic rings. The van der Waals surface area contributed by atoms with Gasteiger partial charge in [-0.05, 0) is 25.0 Å². The lowest BCUT2D eigenvalue weighted by Gasteiger charge is -2.23. The molecule has 0 aliphatic rings. The number of aromatic nitrogens is 2. The summed E-state index contributed by atoms with van der Waals surface area (Å²) in [5.41, 5.74) is 4.81. The predicted molar refractivity (Wildman–Crippen MR) is 100.0 cm³/mol. The van der Waals surface area contributed by atoms with Crippen molar-refractivity contribution in [3.8, 4) is 0 Å². The maximum Gasteiger partial charge on any atom is 0.330 e. The fourth-order valence-corrected chi connectivity index (χ4v) is 2.59. The monoisotopic (exact) mass is 360 g/mol. The van der Waals surface area contributed by atoms with Crippen LogP contribution in [0.2, 0.25) is 0 Å². The number of hydrogen-bond acceptors (Lipinski definition) is 5. The van der Waals surface area contributed by atoms with Crippen LogP contribution < -0.4 is 21.9 Å². The number of nitrogens with two attached hydrogens (primary N) is 1. The number of allylic oxidation sites excluding steroid dienone is 1. The van der Waals surface area contributed by atoms with Crippen molar-refractivity contribution < 1.29 is 9.21 Å². The van der Waals surface area contributed by atoms with E-state index in [-0.39, 0.29) is 30.4 Å². The van der Waals surface area contributed by atoms with Crippen molar-refractivity contribution >= 4 is 17.4 Å². The number of nitrogens with one attached hydrogen (secondary N) is 1. The minimum absolute atomic E-state index is 0.0225. The topological polar surface area (TPSA) is 114 Å². The molecule has 0 bridgehead atoms. The third-order valence-corrected chi connectivity index (χ3v) is 3.98. The molecule has 1 amide bonds. The quantitative estimate of drug-likeness (QED) is 0.664. The Bertz CT molecular complexity index is 864. The van der Waals surface area contributed by atoms with Crippen LogP contribution in [0.25, 0.3) is 0 Å². The highest BCUT2D eigenvalue weighted by Gasteiger charge is 2.24. The largest absolute Gasteiger partial charge is 0.467 e. The van der Waals surface area contributed by atoms with Crippen LogP contribution in [0.15, 0.2) is 45.1 Å². The average molecular weight is 360 g/mol. The number of carbonyl (C=O) groups is 1. The molecule has 3 N–H and O–H groups in total. The maximum atomic E-state index is 12.7. The van der Waals surface area contributed by atoms with Gasteiger partial charge in [-0.3, -0.25) is 24.0 Å². The van der Waals surface area contributed by atoms with Gasteiger partial charge in [0.25, 0.3) is 5.56 Å². The van der Waals surface area contributed by atoms with E-state index < -0.39 is 11.2 Å². The molecule has 140 valence electrons.